The molecule has 0 saturated heterocycles. The number of carboxylic acids is 1. The Kier molecular flexibility index (Phi) is 6.65. The van der Waals surface area contributed by atoms with Crippen molar-refractivity contribution in [1.29, 1.82) is 0 Å². The van der Waals surface area contributed by atoms with Gasteiger partial charge in [0.2, 0.25) is 0 Å². The molecule has 1 N–H and O–H groups in total. The molecule has 0 unspecified atom stereocenters. The predicted molar refractivity (Wildman–Crippen MR) is 124 cm³/mol. The van der Waals surface area contributed by atoms with Gasteiger partial charge in [-0.25, -0.2) is 9.18 Å². The number of fused-ring (bicyclic) bond motifs is 3. The number of likely N-dealkylation sites (N-methyl/N-ethyl adjacent to an activating group) is 1. The van der Waals surface area contributed by atoms with Crippen molar-refractivity contribution in [3.8, 4) is 11.1 Å². The average molecular weight is 468 g/mol. The fraction of sp³-hybridized carbons (Fsp3) is 0.231. The predicted octanol–water partition coefficient (Wildman–Crippen LogP) is 5.75. The zero-order valence-electron chi connectivity index (χ0n) is 18.0. The van der Waals surface area contributed by atoms with Gasteiger partial charge in [-0.3, -0.25) is 4.79 Å². The van der Waals surface area contributed by atoms with Gasteiger partial charge in [0.05, 0.1) is 6.42 Å². The first-order valence-electron chi connectivity index (χ1n) is 10.6. The van der Waals surface area contributed by atoms with Crippen LogP contribution in [-0.2, 0) is 16.0 Å². The van der Waals surface area contributed by atoms with E-state index < -0.39 is 23.9 Å². The van der Waals surface area contributed by atoms with E-state index in [1.165, 1.54) is 30.1 Å². The van der Waals surface area contributed by atoms with E-state index in [1.807, 2.05) is 48.5 Å². The van der Waals surface area contributed by atoms with Crippen LogP contribution in [0.3, 0.4) is 0 Å². The lowest BCUT2D eigenvalue weighted by atomic mass is 9.98. The van der Waals surface area contributed by atoms with Gasteiger partial charge in [0.15, 0.2) is 0 Å². The third kappa shape index (κ3) is 4.86. The van der Waals surface area contributed by atoms with Crippen LogP contribution in [0.15, 0.2) is 66.7 Å². The minimum Gasteiger partial charge on any atom is -0.481 e. The summed E-state index contributed by atoms with van der Waals surface area (Å²) in [6.45, 7) is 0.117. The summed E-state index contributed by atoms with van der Waals surface area (Å²) in [5.41, 5.74) is 4.68. The number of aliphatic carboxylic acids is 1. The third-order valence-electron chi connectivity index (χ3n) is 6.05. The number of halogens is 2. The Labute approximate surface area is 196 Å². The first-order valence-corrected chi connectivity index (χ1v) is 11.0. The molecule has 3 aromatic rings. The number of rotatable bonds is 7. The highest BCUT2D eigenvalue weighted by molar-refractivity contribution is 6.30. The molecular weight excluding hydrogens is 445 g/mol. The van der Waals surface area contributed by atoms with E-state index in [0.29, 0.717) is 0 Å². The molecule has 0 heterocycles. The van der Waals surface area contributed by atoms with Crippen LogP contribution in [0.1, 0.15) is 29.0 Å². The molecule has 170 valence electrons. The lowest BCUT2D eigenvalue weighted by molar-refractivity contribution is -0.138. The Hall–Kier alpha value is -3.38. The van der Waals surface area contributed by atoms with Gasteiger partial charge in [-0.15, -0.1) is 0 Å². The maximum absolute atomic E-state index is 14.3. The Morgan fingerprint density at radius 2 is 1.67 bits per heavy atom. The van der Waals surface area contributed by atoms with Crippen LogP contribution < -0.4 is 0 Å². The van der Waals surface area contributed by atoms with Crippen molar-refractivity contribution < 1.29 is 23.8 Å². The largest absolute Gasteiger partial charge is 0.481 e. The van der Waals surface area contributed by atoms with Crippen LogP contribution in [0.2, 0.25) is 5.02 Å². The topological polar surface area (TPSA) is 66.8 Å². The van der Waals surface area contributed by atoms with Gasteiger partial charge >= 0.3 is 12.1 Å². The number of carbonyl (C=O) groups is 2. The molecule has 4 rings (SSSR count). The highest BCUT2D eigenvalue weighted by Gasteiger charge is 2.31. The maximum atomic E-state index is 14.3. The molecule has 0 bridgehead atoms. The Morgan fingerprint density at radius 1 is 1.06 bits per heavy atom. The maximum Gasteiger partial charge on any atom is 0.409 e. The molecule has 1 aliphatic rings. The highest BCUT2D eigenvalue weighted by atomic mass is 35.5. The Balaban J connectivity index is 1.49. The number of hydrogen-bond acceptors (Lipinski definition) is 3. The molecular formula is C26H23ClFNO4. The summed E-state index contributed by atoms with van der Waals surface area (Å²) in [5, 5.41) is 9.58. The van der Waals surface area contributed by atoms with E-state index in [9.17, 15) is 19.1 Å². The number of carboxylic acid groups (broad SMARTS) is 1. The molecule has 0 aromatic heterocycles. The molecule has 1 atom stereocenters. The van der Waals surface area contributed by atoms with Crippen molar-refractivity contribution in [3.05, 3.63) is 94.3 Å². The summed E-state index contributed by atoms with van der Waals surface area (Å²) in [5.74, 6) is -1.74. The van der Waals surface area contributed by atoms with Crippen molar-refractivity contribution in [2.75, 3.05) is 13.7 Å². The van der Waals surface area contributed by atoms with Crippen molar-refractivity contribution in [2.24, 2.45) is 0 Å². The molecule has 0 aliphatic heterocycles. The lowest BCUT2D eigenvalue weighted by Crippen LogP contribution is -2.40. The SMILES string of the molecule is CN(C(=O)OCC1c2ccccc2-c2ccccc21)[C@H](CC(=O)O)Cc1ccc(Cl)cc1F. The van der Waals surface area contributed by atoms with Crippen LogP contribution in [-0.4, -0.2) is 41.8 Å². The summed E-state index contributed by atoms with van der Waals surface area (Å²) in [4.78, 5) is 25.5. The molecule has 1 amide bonds. The summed E-state index contributed by atoms with van der Waals surface area (Å²) in [7, 11) is 1.47. The van der Waals surface area contributed by atoms with Gasteiger partial charge in [-0.2, -0.15) is 0 Å². The van der Waals surface area contributed by atoms with E-state index in [0.717, 1.165) is 22.3 Å². The number of benzene rings is 3. The average Bonchev–Trinajstić information content (AvgIpc) is 3.11. The van der Waals surface area contributed by atoms with Gasteiger partial charge in [0, 0.05) is 24.0 Å². The van der Waals surface area contributed by atoms with Gasteiger partial charge < -0.3 is 14.7 Å². The molecule has 0 fully saturated rings. The van der Waals surface area contributed by atoms with Crippen LogP contribution in [0.4, 0.5) is 9.18 Å². The van der Waals surface area contributed by atoms with E-state index in [4.69, 9.17) is 16.3 Å². The third-order valence-corrected chi connectivity index (χ3v) is 6.29. The lowest BCUT2D eigenvalue weighted by Gasteiger charge is -2.27. The summed E-state index contributed by atoms with van der Waals surface area (Å²) in [6.07, 6.45) is -0.976. The Bertz CT molecular complexity index is 1150. The first-order chi connectivity index (χ1) is 15.8. The van der Waals surface area contributed by atoms with Crippen molar-refractivity contribution in [3.63, 3.8) is 0 Å². The second-order valence-electron chi connectivity index (χ2n) is 8.11. The molecule has 0 spiro atoms. The van der Waals surface area contributed by atoms with Crippen molar-refractivity contribution >= 4 is 23.7 Å². The van der Waals surface area contributed by atoms with Crippen molar-refractivity contribution in [2.45, 2.75) is 24.8 Å². The second-order valence-corrected chi connectivity index (χ2v) is 8.54. The van der Waals surface area contributed by atoms with E-state index in [2.05, 4.69) is 0 Å². The van der Waals surface area contributed by atoms with Crippen LogP contribution >= 0.6 is 11.6 Å². The van der Waals surface area contributed by atoms with Gasteiger partial charge in [-0.1, -0.05) is 66.2 Å². The van der Waals surface area contributed by atoms with Gasteiger partial charge in [0.25, 0.3) is 0 Å². The van der Waals surface area contributed by atoms with Crippen LogP contribution in [0.5, 0.6) is 0 Å². The van der Waals surface area contributed by atoms with E-state index in [-0.39, 0.29) is 36.0 Å². The molecule has 33 heavy (non-hydrogen) atoms. The molecule has 5 nitrogen and oxygen atoms in total. The van der Waals surface area contributed by atoms with Crippen LogP contribution in [0.25, 0.3) is 11.1 Å². The van der Waals surface area contributed by atoms with Crippen molar-refractivity contribution in [1.82, 2.24) is 4.90 Å². The van der Waals surface area contributed by atoms with Gasteiger partial charge in [0.1, 0.15) is 12.4 Å². The number of nitrogens with zero attached hydrogens (tertiary/aromatic N) is 1. The molecule has 7 heteroatoms. The highest BCUT2D eigenvalue weighted by Crippen LogP contribution is 2.44. The van der Waals surface area contributed by atoms with Gasteiger partial charge in [-0.05, 0) is 46.4 Å². The second kappa shape index (κ2) is 9.63. The normalized spacial score (nSPS) is 13.2. The smallest absolute Gasteiger partial charge is 0.409 e. The fourth-order valence-corrected chi connectivity index (χ4v) is 4.49. The fourth-order valence-electron chi connectivity index (χ4n) is 4.33. The minimum atomic E-state index is -1.09. The number of carbonyl (C=O) groups excluding carboxylic acids is 1. The number of amides is 1. The molecule has 1 aliphatic carbocycles. The van der Waals surface area contributed by atoms with Crippen LogP contribution in [0, 0.1) is 5.82 Å². The Morgan fingerprint density at radius 3 is 2.24 bits per heavy atom. The standard InChI is InChI=1S/C26H23ClFNO4/c1-29(18(14-25(30)31)12-16-10-11-17(27)13-24(16)28)26(32)33-15-23-21-8-4-2-6-19(21)20-7-3-5-9-22(20)23/h2-11,13,18,23H,12,14-15H2,1H3,(H,30,31)/t18-/m0/s1. The molecule has 0 radical (unpaired) electrons. The quantitative estimate of drug-likeness (QED) is 0.480. The molecule has 0 saturated carbocycles. The van der Waals surface area contributed by atoms with E-state index >= 15 is 0 Å². The van der Waals surface area contributed by atoms with E-state index in [1.54, 1.807) is 0 Å². The summed E-state index contributed by atoms with van der Waals surface area (Å²) >= 11 is 5.81. The number of hydrogen-bond donors (Lipinski definition) is 1. The summed E-state index contributed by atoms with van der Waals surface area (Å²) in [6, 6.07) is 19.4. The first kappa shape index (κ1) is 22.8. The monoisotopic (exact) mass is 467 g/mol. The minimum absolute atomic E-state index is 0.0238. The zero-order valence-corrected chi connectivity index (χ0v) is 18.8. The number of ether oxygens (including phenoxy) is 1. The zero-order chi connectivity index (χ0) is 23.5. The molecule has 3 aromatic carbocycles. The summed E-state index contributed by atoms with van der Waals surface area (Å²) < 4.78 is 19.9.